The Morgan fingerprint density at radius 1 is 1.08 bits per heavy atom. The van der Waals surface area contributed by atoms with Crippen LogP contribution in [0, 0.1) is 11.8 Å². The van der Waals surface area contributed by atoms with Crippen molar-refractivity contribution in [1.29, 1.82) is 0 Å². The van der Waals surface area contributed by atoms with Gasteiger partial charge >= 0.3 is 5.69 Å². The molecule has 190 valence electrons. The van der Waals surface area contributed by atoms with Crippen molar-refractivity contribution >= 4 is 21.9 Å². The van der Waals surface area contributed by atoms with Gasteiger partial charge in [-0.05, 0) is 58.3 Å². The van der Waals surface area contributed by atoms with Gasteiger partial charge in [0.05, 0.1) is 29.4 Å². The van der Waals surface area contributed by atoms with E-state index in [1.54, 1.807) is 29.9 Å². The molecule has 1 fully saturated rings. The lowest BCUT2D eigenvalue weighted by Gasteiger charge is -2.26. The fraction of sp³-hybridized carbons (Fsp3) is 0.444. The monoisotopic (exact) mass is 495 g/mol. The molecule has 0 amide bonds. The molecule has 9 heteroatoms. The largest absolute Gasteiger partial charge is 0.478 e. The number of piperidine rings is 1. The number of hydrogen-bond acceptors (Lipinski definition) is 5. The molecule has 1 aliphatic heterocycles. The number of aryl methyl sites for hydroxylation is 1. The number of fused-ring (bicyclic) bond motifs is 3. The van der Waals surface area contributed by atoms with Crippen molar-refractivity contribution < 1.29 is 13.5 Å². The first-order valence-electron chi connectivity index (χ1n) is 12.6. The van der Waals surface area contributed by atoms with Gasteiger partial charge in [0.1, 0.15) is 5.82 Å². The molecule has 0 unspecified atom stereocenters. The third-order valence-corrected chi connectivity index (χ3v) is 6.95. The summed E-state index contributed by atoms with van der Waals surface area (Å²) >= 11 is 0. The maximum Gasteiger partial charge on any atom is 0.329 e. The number of ether oxygens (including phenoxy) is 1. The molecule has 5 rings (SSSR count). The number of benzene rings is 1. The van der Waals surface area contributed by atoms with Crippen molar-refractivity contribution in [1.82, 2.24) is 24.0 Å². The highest BCUT2D eigenvalue weighted by atomic mass is 19.1. The zero-order valence-corrected chi connectivity index (χ0v) is 20.9. The Kier molecular flexibility index (Phi) is 6.75. The van der Waals surface area contributed by atoms with Gasteiger partial charge in [0.25, 0.3) is 0 Å². The SMILES string of the molecule is CC(C)n1c(=O)n(C)c2cnc3cc(F)c(-c4ccc(OCCCN5CCCCC5)nc4F)cc3c21. The van der Waals surface area contributed by atoms with Crippen molar-refractivity contribution in [3.63, 3.8) is 0 Å². The quantitative estimate of drug-likeness (QED) is 0.265. The maximum absolute atomic E-state index is 15.1. The van der Waals surface area contributed by atoms with E-state index in [1.807, 2.05) is 13.8 Å². The molecule has 0 N–H and O–H groups in total. The topological polar surface area (TPSA) is 65.2 Å². The van der Waals surface area contributed by atoms with Crippen molar-refractivity contribution in [2.45, 2.75) is 45.6 Å². The summed E-state index contributed by atoms with van der Waals surface area (Å²) in [6, 6.07) is 5.76. The van der Waals surface area contributed by atoms with Crippen LogP contribution in [0.1, 0.15) is 45.6 Å². The van der Waals surface area contributed by atoms with Gasteiger partial charge in [-0.15, -0.1) is 0 Å². The minimum Gasteiger partial charge on any atom is -0.478 e. The standard InChI is InChI=1S/C27H31F2N5O2/c1-17(2)34-25-20-14-19(21(28)15-22(20)30-16-23(25)32(3)27(34)35)18-8-9-24(31-26(18)29)36-13-7-12-33-10-5-4-6-11-33/h8-9,14-17H,4-7,10-13H2,1-3H3. The van der Waals surface area contributed by atoms with Crippen LogP contribution in [0.4, 0.5) is 8.78 Å². The van der Waals surface area contributed by atoms with E-state index in [-0.39, 0.29) is 28.7 Å². The molecule has 3 aromatic heterocycles. The van der Waals surface area contributed by atoms with Crippen LogP contribution in [0.3, 0.4) is 0 Å². The summed E-state index contributed by atoms with van der Waals surface area (Å²) in [7, 11) is 1.68. The second kappa shape index (κ2) is 9.97. The third-order valence-electron chi connectivity index (χ3n) is 6.95. The van der Waals surface area contributed by atoms with E-state index in [0.29, 0.717) is 28.5 Å². The predicted molar refractivity (Wildman–Crippen MR) is 136 cm³/mol. The van der Waals surface area contributed by atoms with Gasteiger partial charge in [-0.1, -0.05) is 6.42 Å². The van der Waals surface area contributed by atoms with Gasteiger partial charge in [0, 0.05) is 48.3 Å². The second-order valence-electron chi connectivity index (χ2n) is 9.74. The molecule has 36 heavy (non-hydrogen) atoms. The van der Waals surface area contributed by atoms with Gasteiger partial charge in [-0.25, -0.2) is 9.18 Å². The van der Waals surface area contributed by atoms with Crippen molar-refractivity contribution in [3.8, 4) is 17.0 Å². The van der Waals surface area contributed by atoms with Crippen molar-refractivity contribution in [2.24, 2.45) is 7.05 Å². The van der Waals surface area contributed by atoms with Crippen LogP contribution in [0.15, 0.2) is 35.3 Å². The molecule has 0 spiro atoms. The normalized spacial score (nSPS) is 14.8. The molecule has 0 saturated carbocycles. The lowest BCUT2D eigenvalue weighted by atomic mass is 10.0. The molecule has 1 saturated heterocycles. The average Bonchev–Trinajstić information content (AvgIpc) is 3.13. The number of imidazole rings is 1. The first kappa shape index (κ1) is 24.4. The number of nitrogens with zero attached hydrogens (tertiary/aromatic N) is 5. The number of hydrogen-bond donors (Lipinski definition) is 0. The number of likely N-dealkylation sites (tertiary alicyclic amines) is 1. The summed E-state index contributed by atoms with van der Waals surface area (Å²) in [5, 5.41) is 0.577. The molecule has 0 bridgehead atoms. The van der Waals surface area contributed by atoms with E-state index in [9.17, 15) is 4.79 Å². The predicted octanol–water partition coefficient (Wildman–Crippen LogP) is 5.06. The van der Waals surface area contributed by atoms with Crippen LogP contribution in [0.2, 0.25) is 0 Å². The van der Waals surface area contributed by atoms with Crippen molar-refractivity contribution in [2.75, 3.05) is 26.2 Å². The van der Waals surface area contributed by atoms with Crippen LogP contribution >= 0.6 is 0 Å². The number of aromatic nitrogens is 4. The van der Waals surface area contributed by atoms with E-state index in [4.69, 9.17) is 4.74 Å². The number of rotatable bonds is 7. The van der Waals surface area contributed by atoms with Crippen LogP contribution in [-0.4, -0.2) is 50.2 Å². The van der Waals surface area contributed by atoms with E-state index in [1.165, 1.54) is 36.0 Å². The highest BCUT2D eigenvalue weighted by Gasteiger charge is 2.20. The van der Waals surface area contributed by atoms with Gasteiger partial charge in [0.2, 0.25) is 11.8 Å². The minimum atomic E-state index is -0.809. The fourth-order valence-electron chi connectivity index (χ4n) is 5.08. The summed E-state index contributed by atoms with van der Waals surface area (Å²) < 4.78 is 39.0. The number of halogens is 2. The molecule has 0 radical (unpaired) electrons. The molecule has 1 aliphatic rings. The molecular weight excluding hydrogens is 464 g/mol. The molecule has 4 aromatic rings. The number of pyridine rings is 2. The Hall–Kier alpha value is -3.33. The van der Waals surface area contributed by atoms with E-state index in [2.05, 4.69) is 14.9 Å². The molecule has 0 aliphatic carbocycles. The Bertz CT molecular complexity index is 1470. The summed E-state index contributed by atoms with van der Waals surface area (Å²) in [5.41, 5.74) is 1.57. The van der Waals surface area contributed by atoms with E-state index < -0.39 is 11.8 Å². The zero-order valence-electron chi connectivity index (χ0n) is 20.9. The lowest BCUT2D eigenvalue weighted by Crippen LogP contribution is -2.31. The zero-order chi connectivity index (χ0) is 25.4. The summed E-state index contributed by atoms with van der Waals surface area (Å²) in [6.07, 6.45) is 6.17. The van der Waals surface area contributed by atoms with Gasteiger partial charge < -0.3 is 9.64 Å². The molecule has 4 heterocycles. The van der Waals surface area contributed by atoms with Gasteiger partial charge in [-0.2, -0.15) is 9.37 Å². The van der Waals surface area contributed by atoms with E-state index in [0.717, 1.165) is 26.1 Å². The molecular formula is C27H31F2N5O2. The Balaban J connectivity index is 1.44. The average molecular weight is 496 g/mol. The van der Waals surface area contributed by atoms with E-state index >= 15 is 8.78 Å². The highest BCUT2D eigenvalue weighted by Crippen LogP contribution is 2.33. The Labute approximate surface area is 208 Å². The fourth-order valence-corrected chi connectivity index (χ4v) is 5.08. The Morgan fingerprint density at radius 2 is 1.86 bits per heavy atom. The Morgan fingerprint density at radius 3 is 2.58 bits per heavy atom. The van der Waals surface area contributed by atoms with Gasteiger partial charge in [0.15, 0.2) is 0 Å². The smallest absolute Gasteiger partial charge is 0.329 e. The molecule has 7 nitrogen and oxygen atoms in total. The molecule has 0 atom stereocenters. The van der Waals surface area contributed by atoms with Crippen LogP contribution in [-0.2, 0) is 7.05 Å². The van der Waals surface area contributed by atoms with Crippen molar-refractivity contribution in [3.05, 3.63) is 52.7 Å². The maximum atomic E-state index is 15.1. The highest BCUT2D eigenvalue weighted by molar-refractivity contribution is 6.04. The second-order valence-corrected chi connectivity index (χ2v) is 9.74. The molecule has 1 aromatic carbocycles. The lowest BCUT2D eigenvalue weighted by molar-refractivity contribution is 0.202. The van der Waals surface area contributed by atoms with Gasteiger partial charge in [-0.3, -0.25) is 14.1 Å². The third kappa shape index (κ3) is 4.48. The summed E-state index contributed by atoms with van der Waals surface area (Å²) in [4.78, 5) is 23.5. The first-order chi connectivity index (χ1) is 17.3. The van der Waals surface area contributed by atoms with Crippen LogP contribution in [0.5, 0.6) is 5.88 Å². The summed E-state index contributed by atoms with van der Waals surface area (Å²) in [5.74, 6) is -1.24. The van der Waals surface area contributed by atoms with Crippen LogP contribution in [0.25, 0.3) is 33.1 Å². The first-order valence-corrected chi connectivity index (χ1v) is 12.6. The minimum absolute atomic E-state index is 0.0291. The van der Waals surface area contributed by atoms with Crippen LogP contribution < -0.4 is 10.4 Å². The summed E-state index contributed by atoms with van der Waals surface area (Å²) in [6.45, 7) is 7.45.